The summed E-state index contributed by atoms with van der Waals surface area (Å²) >= 11 is 1.55. The number of rotatable bonds is 7. The Morgan fingerprint density at radius 3 is 2.62 bits per heavy atom. The predicted molar refractivity (Wildman–Crippen MR) is 158 cm³/mol. The smallest absolute Gasteiger partial charge is 0.240 e. The van der Waals surface area contributed by atoms with Crippen LogP contribution in [0.2, 0.25) is 0 Å². The van der Waals surface area contributed by atoms with Crippen molar-refractivity contribution in [2.24, 2.45) is 0 Å². The number of aryl methyl sites for hydroxylation is 1. The molecule has 5 rings (SSSR count). The second-order valence-electron chi connectivity index (χ2n) is 11.5. The molecule has 2 amide bonds. The number of aromatic nitrogens is 2. The monoisotopic (exact) mass is 563 g/mol. The van der Waals surface area contributed by atoms with Crippen LogP contribution < -0.4 is 19.7 Å². The molecule has 3 heterocycles. The van der Waals surface area contributed by atoms with Gasteiger partial charge in [0.1, 0.15) is 12.4 Å². The third-order valence-electron chi connectivity index (χ3n) is 7.03. The summed E-state index contributed by atoms with van der Waals surface area (Å²) in [6, 6.07) is 13.9. The van der Waals surface area contributed by atoms with Gasteiger partial charge in [-0.3, -0.25) is 14.5 Å². The summed E-state index contributed by atoms with van der Waals surface area (Å²) in [5.41, 5.74) is 4.37. The summed E-state index contributed by atoms with van der Waals surface area (Å²) in [6.45, 7) is 9.73. The second kappa shape index (κ2) is 11.2. The third kappa shape index (κ3) is 5.55. The molecule has 0 fully saturated rings. The molecule has 2 aromatic carbocycles. The highest BCUT2D eigenvalue weighted by Gasteiger charge is 2.40. The van der Waals surface area contributed by atoms with Gasteiger partial charge in [0.25, 0.3) is 0 Å². The maximum absolute atomic E-state index is 13.8. The van der Waals surface area contributed by atoms with Gasteiger partial charge in [-0.05, 0) is 50.3 Å². The molecule has 0 saturated heterocycles. The molecular formula is C30H37N5O4S. The Bertz CT molecular complexity index is 1430. The van der Waals surface area contributed by atoms with Gasteiger partial charge in [0, 0.05) is 24.1 Å². The van der Waals surface area contributed by atoms with Crippen molar-refractivity contribution in [1.82, 2.24) is 20.0 Å². The average Bonchev–Trinajstić information content (AvgIpc) is 3.49. The van der Waals surface area contributed by atoms with Crippen molar-refractivity contribution in [2.75, 3.05) is 51.2 Å². The zero-order valence-electron chi connectivity index (χ0n) is 24.0. The lowest BCUT2D eigenvalue weighted by atomic mass is 9.87. The fraction of sp³-hybridized carbons (Fsp3) is 0.433. The number of likely N-dealkylation sites (N-methyl/N-ethyl adjacent to an activating group) is 1. The second-order valence-corrected chi connectivity index (χ2v) is 12.6. The van der Waals surface area contributed by atoms with E-state index in [9.17, 15) is 9.59 Å². The number of anilines is 1. The molecule has 1 atom stereocenters. The molecule has 0 bridgehead atoms. The highest BCUT2D eigenvalue weighted by atomic mass is 32.2. The first-order chi connectivity index (χ1) is 19.0. The van der Waals surface area contributed by atoms with Crippen LogP contribution in [0.3, 0.4) is 0 Å². The van der Waals surface area contributed by atoms with Crippen molar-refractivity contribution in [1.29, 1.82) is 0 Å². The van der Waals surface area contributed by atoms with Crippen LogP contribution >= 0.6 is 11.8 Å². The van der Waals surface area contributed by atoms with E-state index in [0.717, 1.165) is 28.1 Å². The Morgan fingerprint density at radius 2 is 1.90 bits per heavy atom. The Kier molecular flexibility index (Phi) is 7.83. The normalized spacial score (nSPS) is 16.7. The molecule has 1 N–H and O–H groups in total. The van der Waals surface area contributed by atoms with Gasteiger partial charge in [-0.2, -0.15) is 5.10 Å². The van der Waals surface area contributed by atoms with E-state index in [2.05, 4.69) is 26.1 Å². The van der Waals surface area contributed by atoms with Crippen LogP contribution in [0.4, 0.5) is 5.82 Å². The molecule has 3 aromatic rings. The quantitative estimate of drug-likeness (QED) is 0.464. The fourth-order valence-corrected chi connectivity index (χ4v) is 6.19. The number of carbonyl (C=O) groups is 2. The van der Waals surface area contributed by atoms with Gasteiger partial charge in [0.2, 0.25) is 18.6 Å². The number of amides is 2. The van der Waals surface area contributed by atoms with Gasteiger partial charge in [0.15, 0.2) is 11.5 Å². The van der Waals surface area contributed by atoms with Crippen LogP contribution in [0.15, 0.2) is 42.5 Å². The number of fused-ring (bicyclic) bond motifs is 2. The van der Waals surface area contributed by atoms with Crippen molar-refractivity contribution in [3.8, 4) is 17.2 Å². The molecule has 1 aromatic heterocycles. The van der Waals surface area contributed by atoms with E-state index < -0.39 is 0 Å². The number of ether oxygens (including phenoxy) is 2. The van der Waals surface area contributed by atoms with Crippen molar-refractivity contribution >= 4 is 29.4 Å². The SMILES string of the molecule is Cc1ccccc1-n1nc(C(C)(C)C)c2c1N(CC(=O)NCCN(C)C)C(=O)CS[C@@H]2c1ccc2c(c1)OCO2. The first-order valence-electron chi connectivity index (χ1n) is 13.5. The van der Waals surface area contributed by atoms with E-state index in [1.165, 1.54) is 0 Å². The van der Waals surface area contributed by atoms with Crippen LogP contribution in [-0.2, 0) is 15.0 Å². The maximum atomic E-state index is 13.8. The summed E-state index contributed by atoms with van der Waals surface area (Å²) < 4.78 is 13.1. The molecule has 2 aliphatic rings. The number of thioether (sulfide) groups is 1. The zero-order chi connectivity index (χ0) is 28.6. The topological polar surface area (TPSA) is 88.9 Å². The minimum Gasteiger partial charge on any atom is -0.454 e. The number of benzene rings is 2. The first kappa shape index (κ1) is 28.0. The largest absolute Gasteiger partial charge is 0.454 e. The van der Waals surface area contributed by atoms with E-state index in [0.29, 0.717) is 30.4 Å². The maximum Gasteiger partial charge on any atom is 0.240 e. The standard InChI is InChI=1S/C30H37N5O4S/c1-19-9-7-8-10-21(19)35-29-26(28(32-35)30(2,3)4)27(20-11-12-22-23(15-20)39-18-38-22)40-17-25(37)34(29)16-24(36)31-13-14-33(5)6/h7-12,15,27H,13-14,16-18H2,1-6H3,(H,31,36)/t27-/m1/s1. The van der Waals surface area contributed by atoms with Gasteiger partial charge in [0.05, 0.1) is 22.4 Å². The van der Waals surface area contributed by atoms with Gasteiger partial charge in [-0.1, -0.05) is 45.0 Å². The van der Waals surface area contributed by atoms with E-state index in [1.54, 1.807) is 16.7 Å². The number of nitrogens with zero attached hydrogens (tertiary/aromatic N) is 4. The summed E-state index contributed by atoms with van der Waals surface area (Å²) in [4.78, 5) is 30.6. The Hall–Kier alpha value is -3.50. The molecule has 9 nitrogen and oxygen atoms in total. The molecule has 0 unspecified atom stereocenters. The first-order valence-corrected chi connectivity index (χ1v) is 14.5. The van der Waals surface area contributed by atoms with Crippen molar-refractivity contribution in [2.45, 2.75) is 38.4 Å². The van der Waals surface area contributed by atoms with E-state index in [4.69, 9.17) is 14.6 Å². The van der Waals surface area contributed by atoms with Crippen LogP contribution in [0.25, 0.3) is 5.69 Å². The molecule has 212 valence electrons. The molecule has 0 saturated carbocycles. The van der Waals surface area contributed by atoms with E-state index in [-0.39, 0.29) is 41.6 Å². The Labute approximate surface area is 239 Å². The summed E-state index contributed by atoms with van der Waals surface area (Å²) in [5.74, 6) is 1.92. The van der Waals surface area contributed by atoms with Crippen molar-refractivity contribution < 1.29 is 19.1 Å². The lowest BCUT2D eigenvalue weighted by Crippen LogP contribution is -2.43. The van der Waals surface area contributed by atoms with Crippen LogP contribution in [0.5, 0.6) is 11.5 Å². The number of hydrogen-bond donors (Lipinski definition) is 1. The highest BCUT2D eigenvalue weighted by molar-refractivity contribution is 8.00. The number of para-hydroxylation sites is 1. The highest BCUT2D eigenvalue weighted by Crippen LogP contribution is 2.50. The predicted octanol–water partition coefficient (Wildman–Crippen LogP) is 4.05. The van der Waals surface area contributed by atoms with Crippen LogP contribution in [0, 0.1) is 6.92 Å². The minimum atomic E-state index is -0.333. The fourth-order valence-electron chi connectivity index (χ4n) is 5.00. The van der Waals surface area contributed by atoms with E-state index >= 15 is 0 Å². The van der Waals surface area contributed by atoms with Crippen LogP contribution in [0.1, 0.15) is 48.4 Å². The molecule has 2 aliphatic heterocycles. The number of carbonyl (C=O) groups excluding carboxylic acids is 2. The van der Waals surface area contributed by atoms with Gasteiger partial charge < -0.3 is 19.7 Å². The molecule has 40 heavy (non-hydrogen) atoms. The van der Waals surface area contributed by atoms with Gasteiger partial charge in [-0.15, -0.1) is 11.8 Å². The van der Waals surface area contributed by atoms with Crippen molar-refractivity contribution in [3.63, 3.8) is 0 Å². The summed E-state index contributed by atoms with van der Waals surface area (Å²) in [7, 11) is 3.91. The summed E-state index contributed by atoms with van der Waals surface area (Å²) in [6.07, 6.45) is 0. The molecule has 0 radical (unpaired) electrons. The number of nitrogens with one attached hydrogen (secondary N) is 1. The molecule has 0 aliphatic carbocycles. The molecule has 0 spiro atoms. The van der Waals surface area contributed by atoms with Crippen molar-refractivity contribution in [3.05, 3.63) is 64.8 Å². The van der Waals surface area contributed by atoms with Gasteiger partial charge in [-0.25, -0.2) is 4.68 Å². The number of hydrogen-bond acceptors (Lipinski definition) is 7. The average molecular weight is 564 g/mol. The minimum absolute atomic E-state index is 0.0885. The molecule has 10 heteroatoms. The van der Waals surface area contributed by atoms with E-state index in [1.807, 2.05) is 73.1 Å². The zero-order valence-corrected chi connectivity index (χ0v) is 24.8. The summed E-state index contributed by atoms with van der Waals surface area (Å²) in [5, 5.41) is 7.94. The Balaban J connectivity index is 1.69. The lowest BCUT2D eigenvalue weighted by molar-refractivity contribution is -0.122. The Morgan fingerprint density at radius 1 is 1.15 bits per heavy atom. The third-order valence-corrected chi connectivity index (χ3v) is 8.28. The van der Waals surface area contributed by atoms with Crippen LogP contribution in [-0.4, -0.2) is 72.8 Å². The molecular weight excluding hydrogens is 526 g/mol. The van der Waals surface area contributed by atoms with Gasteiger partial charge >= 0.3 is 0 Å². The lowest BCUT2D eigenvalue weighted by Gasteiger charge is -2.25.